The highest BCUT2D eigenvalue weighted by Crippen LogP contribution is 2.31. The molecule has 1 unspecified atom stereocenters. The molecule has 4 nitrogen and oxygen atoms in total. The van der Waals surface area contributed by atoms with Gasteiger partial charge in [0.15, 0.2) is 0 Å². The first-order chi connectivity index (χ1) is 9.53. The van der Waals surface area contributed by atoms with Crippen LogP contribution >= 0.6 is 0 Å². The van der Waals surface area contributed by atoms with Gasteiger partial charge >= 0.3 is 0 Å². The van der Waals surface area contributed by atoms with Crippen LogP contribution < -0.4 is 10.6 Å². The minimum atomic E-state index is -2.87. The molecule has 1 aromatic carbocycles. The van der Waals surface area contributed by atoms with Crippen LogP contribution in [-0.4, -0.2) is 33.0 Å². The third-order valence-corrected chi connectivity index (χ3v) is 5.73. The van der Waals surface area contributed by atoms with Crippen molar-refractivity contribution in [3.8, 4) is 0 Å². The van der Waals surface area contributed by atoms with Crippen LogP contribution in [0.5, 0.6) is 0 Å². The average molecular weight is 296 g/mol. The average Bonchev–Trinajstić information content (AvgIpc) is 2.60. The van der Waals surface area contributed by atoms with Crippen molar-refractivity contribution in [2.75, 3.05) is 29.5 Å². The topological polar surface area (TPSA) is 63.4 Å². The zero-order valence-corrected chi connectivity index (χ0v) is 12.9. The van der Waals surface area contributed by atoms with E-state index in [4.69, 9.17) is 5.73 Å². The number of nitrogens with zero attached hydrogens (tertiary/aromatic N) is 1. The number of fused-ring (bicyclic) bond motifs is 1. The number of nitrogens with two attached hydrogens (primary N) is 1. The maximum absolute atomic E-state index is 11.6. The molecule has 0 aliphatic carbocycles. The molecule has 0 spiro atoms. The van der Waals surface area contributed by atoms with Crippen LogP contribution in [0.1, 0.15) is 37.8 Å². The fourth-order valence-electron chi connectivity index (χ4n) is 2.72. The molecule has 1 aromatic rings. The van der Waals surface area contributed by atoms with Crippen molar-refractivity contribution >= 4 is 15.5 Å². The largest absolute Gasteiger partial charge is 0.371 e. The van der Waals surface area contributed by atoms with E-state index in [1.165, 1.54) is 11.3 Å². The van der Waals surface area contributed by atoms with Gasteiger partial charge in [-0.25, -0.2) is 8.42 Å². The van der Waals surface area contributed by atoms with E-state index in [9.17, 15) is 8.42 Å². The van der Waals surface area contributed by atoms with Crippen LogP contribution in [0.2, 0.25) is 0 Å². The fourth-order valence-corrected chi connectivity index (χ4v) is 3.58. The van der Waals surface area contributed by atoms with E-state index >= 15 is 0 Å². The van der Waals surface area contributed by atoms with Gasteiger partial charge in [-0.3, -0.25) is 0 Å². The molecule has 0 saturated heterocycles. The molecule has 0 amide bonds. The molecule has 0 radical (unpaired) electrons. The molecular weight excluding hydrogens is 272 g/mol. The van der Waals surface area contributed by atoms with Crippen molar-refractivity contribution in [1.82, 2.24) is 0 Å². The van der Waals surface area contributed by atoms with Gasteiger partial charge in [-0.15, -0.1) is 0 Å². The number of rotatable bonds is 5. The maximum atomic E-state index is 11.6. The lowest BCUT2D eigenvalue weighted by molar-refractivity contribution is 0.592. The third-order valence-electron chi connectivity index (χ3n) is 3.94. The lowest BCUT2D eigenvalue weighted by Gasteiger charge is -2.25. The standard InChI is InChI=1S/C15H24N2O2S/c1-2-20(18,19)12-6-11-17-10-5-8-14(16)13-7-3-4-9-15(13)17/h3-4,7,9,14H,2,5-6,8,10-12,16H2,1H3. The summed E-state index contributed by atoms with van der Waals surface area (Å²) >= 11 is 0. The van der Waals surface area contributed by atoms with E-state index < -0.39 is 9.84 Å². The molecule has 2 rings (SSSR count). The molecule has 0 aromatic heterocycles. The summed E-state index contributed by atoms with van der Waals surface area (Å²) in [7, 11) is -2.87. The van der Waals surface area contributed by atoms with Crippen molar-refractivity contribution in [3.05, 3.63) is 29.8 Å². The molecule has 1 heterocycles. The molecule has 0 fully saturated rings. The molecule has 0 saturated carbocycles. The minimum Gasteiger partial charge on any atom is -0.371 e. The smallest absolute Gasteiger partial charge is 0.150 e. The van der Waals surface area contributed by atoms with Crippen LogP contribution in [0.4, 0.5) is 5.69 Å². The summed E-state index contributed by atoms with van der Waals surface area (Å²) in [5, 5.41) is 0. The van der Waals surface area contributed by atoms with Gasteiger partial charge in [-0.05, 0) is 30.9 Å². The highest BCUT2D eigenvalue weighted by Gasteiger charge is 2.20. The molecule has 5 heteroatoms. The second kappa shape index (κ2) is 6.59. The summed E-state index contributed by atoms with van der Waals surface area (Å²) in [6.45, 7) is 3.44. The van der Waals surface area contributed by atoms with E-state index in [1.54, 1.807) is 6.92 Å². The predicted molar refractivity (Wildman–Crippen MR) is 83.8 cm³/mol. The van der Waals surface area contributed by atoms with Crippen molar-refractivity contribution in [2.24, 2.45) is 5.73 Å². The second-order valence-corrected chi connectivity index (χ2v) is 7.86. The summed E-state index contributed by atoms with van der Waals surface area (Å²) in [5.41, 5.74) is 8.56. The highest BCUT2D eigenvalue weighted by atomic mass is 32.2. The van der Waals surface area contributed by atoms with Gasteiger partial charge in [0.05, 0.1) is 5.75 Å². The first-order valence-electron chi connectivity index (χ1n) is 7.33. The predicted octanol–water partition coefficient (Wildman–Crippen LogP) is 2.11. The molecule has 1 aliphatic heterocycles. The molecule has 1 aliphatic rings. The number of anilines is 1. The van der Waals surface area contributed by atoms with E-state index in [2.05, 4.69) is 17.0 Å². The third kappa shape index (κ3) is 3.73. The molecule has 0 bridgehead atoms. The van der Waals surface area contributed by atoms with Gasteiger partial charge in [0.2, 0.25) is 0 Å². The van der Waals surface area contributed by atoms with E-state index in [1.807, 2.05) is 12.1 Å². The quantitative estimate of drug-likeness (QED) is 0.904. The van der Waals surface area contributed by atoms with Crippen molar-refractivity contribution in [1.29, 1.82) is 0 Å². The van der Waals surface area contributed by atoms with Gasteiger partial charge in [-0.1, -0.05) is 25.1 Å². The van der Waals surface area contributed by atoms with E-state index in [0.29, 0.717) is 6.42 Å². The zero-order valence-electron chi connectivity index (χ0n) is 12.1. The summed E-state index contributed by atoms with van der Waals surface area (Å²) in [6, 6.07) is 8.31. The molecule has 1 atom stereocenters. The van der Waals surface area contributed by atoms with Gasteiger partial charge in [0.25, 0.3) is 0 Å². The SMILES string of the molecule is CCS(=O)(=O)CCCN1CCCC(N)c2ccccc21. The normalized spacial score (nSPS) is 19.5. The number of hydrogen-bond donors (Lipinski definition) is 1. The fraction of sp³-hybridized carbons (Fsp3) is 0.600. The molecule has 20 heavy (non-hydrogen) atoms. The molecule has 2 N–H and O–H groups in total. The first-order valence-corrected chi connectivity index (χ1v) is 9.15. The molecular formula is C15H24N2O2S. The van der Waals surface area contributed by atoms with E-state index in [0.717, 1.165) is 25.9 Å². The Bertz CT molecular complexity index is 543. The summed E-state index contributed by atoms with van der Waals surface area (Å²) in [5.74, 6) is 0.503. The van der Waals surface area contributed by atoms with Crippen LogP contribution in [0, 0.1) is 0 Å². The summed E-state index contributed by atoms with van der Waals surface area (Å²) in [4.78, 5) is 2.29. The lowest BCUT2D eigenvalue weighted by Crippen LogP contribution is -2.27. The van der Waals surface area contributed by atoms with Gasteiger partial charge in [0, 0.05) is 30.6 Å². The highest BCUT2D eigenvalue weighted by molar-refractivity contribution is 7.91. The number of para-hydroxylation sites is 1. The number of sulfone groups is 1. The Balaban J connectivity index is 2.06. The van der Waals surface area contributed by atoms with Crippen molar-refractivity contribution in [2.45, 2.75) is 32.2 Å². The Hall–Kier alpha value is -1.07. The zero-order chi connectivity index (χ0) is 14.6. The van der Waals surface area contributed by atoms with Gasteiger partial charge in [-0.2, -0.15) is 0 Å². The van der Waals surface area contributed by atoms with E-state index in [-0.39, 0.29) is 17.5 Å². The molecule has 112 valence electrons. The summed E-state index contributed by atoms with van der Waals surface area (Å²) < 4.78 is 23.1. The minimum absolute atomic E-state index is 0.0931. The van der Waals surface area contributed by atoms with Crippen LogP contribution in [0.15, 0.2) is 24.3 Å². The maximum Gasteiger partial charge on any atom is 0.150 e. The first kappa shape index (κ1) is 15.3. The second-order valence-electron chi connectivity index (χ2n) is 5.38. The van der Waals surface area contributed by atoms with Crippen molar-refractivity contribution in [3.63, 3.8) is 0 Å². The monoisotopic (exact) mass is 296 g/mol. The van der Waals surface area contributed by atoms with Crippen molar-refractivity contribution < 1.29 is 8.42 Å². The Morgan fingerprint density at radius 3 is 2.85 bits per heavy atom. The Morgan fingerprint density at radius 1 is 1.35 bits per heavy atom. The van der Waals surface area contributed by atoms with Crippen LogP contribution in [-0.2, 0) is 9.84 Å². The Kier molecular flexibility index (Phi) is 5.05. The van der Waals surface area contributed by atoms with Crippen LogP contribution in [0.25, 0.3) is 0 Å². The van der Waals surface area contributed by atoms with Gasteiger partial charge < -0.3 is 10.6 Å². The Labute approximate surface area is 121 Å². The lowest BCUT2D eigenvalue weighted by atomic mass is 10.0. The Morgan fingerprint density at radius 2 is 2.10 bits per heavy atom. The number of hydrogen-bond acceptors (Lipinski definition) is 4. The van der Waals surface area contributed by atoms with Gasteiger partial charge in [0.1, 0.15) is 9.84 Å². The number of benzene rings is 1. The summed E-state index contributed by atoms with van der Waals surface area (Å²) in [6.07, 6.45) is 2.72. The van der Waals surface area contributed by atoms with Crippen LogP contribution in [0.3, 0.4) is 0 Å².